The van der Waals surface area contributed by atoms with Gasteiger partial charge < -0.3 is 5.73 Å². The van der Waals surface area contributed by atoms with Crippen LogP contribution in [0.2, 0.25) is 0 Å². The van der Waals surface area contributed by atoms with Gasteiger partial charge in [0, 0.05) is 11.6 Å². The molecule has 1 aliphatic rings. The van der Waals surface area contributed by atoms with Crippen molar-refractivity contribution >= 4 is 0 Å². The van der Waals surface area contributed by atoms with Crippen LogP contribution >= 0.6 is 0 Å². The largest absolute Gasteiger partial charge is 0.324 e. The summed E-state index contributed by atoms with van der Waals surface area (Å²) < 4.78 is 27.4. The van der Waals surface area contributed by atoms with Gasteiger partial charge in [-0.3, -0.25) is 0 Å². The summed E-state index contributed by atoms with van der Waals surface area (Å²) >= 11 is 0. The van der Waals surface area contributed by atoms with Crippen LogP contribution in [-0.2, 0) is 0 Å². The molecule has 1 aromatic carbocycles. The monoisotopic (exact) mass is 267 g/mol. The first kappa shape index (κ1) is 14.4. The fourth-order valence-electron chi connectivity index (χ4n) is 3.03. The third-order valence-electron chi connectivity index (χ3n) is 4.24. The van der Waals surface area contributed by atoms with Crippen molar-refractivity contribution in [2.24, 2.45) is 11.7 Å². The molecule has 2 rings (SSSR count). The number of aryl methyl sites for hydroxylation is 1. The Morgan fingerprint density at radius 2 is 1.74 bits per heavy atom. The number of rotatable bonds is 3. The second-order valence-electron chi connectivity index (χ2n) is 5.82. The summed E-state index contributed by atoms with van der Waals surface area (Å²) in [5, 5.41) is 0. The topological polar surface area (TPSA) is 26.0 Å². The van der Waals surface area contributed by atoms with Gasteiger partial charge in [0.1, 0.15) is 11.6 Å². The second kappa shape index (κ2) is 6.47. The summed E-state index contributed by atoms with van der Waals surface area (Å²) in [6.45, 7) is 1.57. The third-order valence-corrected chi connectivity index (χ3v) is 4.24. The molecule has 3 heteroatoms. The molecule has 1 aromatic rings. The van der Waals surface area contributed by atoms with E-state index in [-0.39, 0.29) is 11.6 Å². The fraction of sp³-hybridized carbons (Fsp3) is 0.625. The lowest BCUT2D eigenvalue weighted by atomic mass is 9.89. The molecule has 0 spiro atoms. The van der Waals surface area contributed by atoms with E-state index in [0.29, 0.717) is 17.0 Å². The maximum atomic E-state index is 13.9. The number of nitrogens with two attached hydrogens (primary N) is 1. The van der Waals surface area contributed by atoms with Gasteiger partial charge in [-0.25, -0.2) is 8.78 Å². The summed E-state index contributed by atoms with van der Waals surface area (Å²) in [5.41, 5.74) is 6.75. The molecular formula is C16H23F2N. The Morgan fingerprint density at radius 3 is 2.37 bits per heavy atom. The first-order valence-electron chi connectivity index (χ1n) is 7.29. The standard InChI is InChI=1S/C16H23F2N/c1-11-8-15(18)13(10-14(11)17)16(19)9-12-6-4-2-3-5-7-12/h8,10,12,16H,2-7,9,19H2,1H3. The smallest absolute Gasteiger partial charge is 0.128 e. The van der Waals surface area contributed by atoms with Gasteiger partial charge in [0.25, 0.3) is 0 Å². The molecule has 0 saturated heterocycles. The molecule has 2 N–H and O–H groups in total. The summed E-state index contributed by atoms with van der Waals surface area (Å²) in [5.74, 6) is -0.186. The molecule has 0 amide bonds. The van der Waals surface area contributed by atoms with Crippen LogP contribution in [0.1, 0.15) is 62.1 Å². The molecule has 19 heavy (non-hydrogen) atoms. The maximum absolute atomic E-state index is 13.9. The number of halogens is 2. The van der Waals surface area contributed by atoms with E-state index in [1.807, 2.05) is 0 Å². The van der Waals surface area contributed by atoms with Crippen LogP contribution in [0.3, 0.4) is 0 Å². The molecule has 0 bridgehead atoms. The predicted octanol–water partition coefficient (Wildman–Crippen LogP) is 4.63. The molecule has 106 valence electrons. The highest BCUT2D eigenvalue weighted by molar-refractivity contribution is 5.27. The predicted molar refractivity (Wildman–Crippen MR) is 73.8 cm³/mol. The maximum Gasteiger partial charge on any atom is 0.128 e. The summed E-state index contributed by atoms with van der Waals surface area (Å²) in [6, 6.07) is 2.13. The second-order valence-corrected chi connectivity index (χ2v) is 5.82. The van der Waals surface area contributed by atoms with Gasteiger partial charge in [0.2, 0.25) is 0 Å². The number of hydrogen-bond donors (Lipinski definition) is 1. The highest BCUT2D eigenvalue weighted by Gasteiger charge is 2.20. The quantitative estimate of drug-likeness (QED) is 0.794. The van der Waals surface area contributed by atoms with E-state index in [4.69, 9.17) is 5.73 Å². The average Bonchev–Trinajstić information content (AvgIpc) is 2.62. The van der Waals surface area contributed by atoms with Gasteiger partial charge in [0.15, 0.2) is 0 Å². The zero-order valence-corrected chi connectivity index (χ0v) is 11.6. The van der Waals surface area contributed by atoms with Gasteiger partial charge in [-0.15, -0.1) is 0 Å². The number of benzene rings is 1. The van der Waals surface area contributed by atoms with E-state index >= 15 is 0 Å². The van der Waals surface area contributed by atoms with Gasteiger partial charge in [-0.05, 0) is 37.0 Å². The molecular weight excluding hydrogens is 244 g/mol. The van der Waals surface area contributed by atoms with Crippen molar-refractivity contribution in [3.8, 4) is 0 Å². The molecule has 1 unspecified atom stereocenters. The zero-order chi connectivity index (χ0) is 13.8. The van der Waals surface area contributed by atoms with Crippen LogP contribution in [0.5, 0.6) is 0 Å². The Hall–Kier alpha value is -0.960. The summed E-state index contributed by atoms with van der Waals surface area (Å²) in [4.78, 5) is 0. The van der Waals surface area contributed by atoms with Crippen LogP contribution in [0, 0.1) is 24.5 Å². The molecule has 0 aromatic heterocycles. The van der Waals surface area contributed by atoms with E-state index in [1.54, 1.807) is 6.92 Å². The lowest BCUT2D eigenvalue weighted by molar-refractivity contribution is 0.386. The Morgan fingerprint density at radius 1 is 1.11 bits per heavy atom. The van der Waals surface area contributed by atoms with Crippen molar-refractivity contribution in [3.63, 3.8) is 0 Å². The van der Waals surface area contributed by atoms with Crippen LogP contribution in [-0.4, -0.2) is 0 Å². The normalized spacial score (nSPS) is 19.2. The van der Waals surface area contributed by atoms with Crippen molar-refractivity contribution in [2.75, 3.05) is 0 Å². The molecule has 0 heterocycles. The lowest BCUT2D eigenvalue weighted by Gasteiger charge is -2.20. The minimum absolute atomic E-state index is 0.326. The molecule has 1 nitrogen and oxygen atoms in total. The Bertz CT molecular complexity index is 423. The van der Waals surface area contributed by atoms with Crippen molar-refractivity contribution < 1.29 is 8.78 Å². The van der Waals surface area contributed by atoms with Gasteiger partial charge >= 0.3 is 0 Å². The van der Waals surface area contributed by atoms with Crippen molar-refractivity contribution in [2.45, 2.75) is 57.9 Å². The minimum atomic E-state index is -0.391. The van der Waals surface area contributed by atoms with E-state index < -0.39 is 6.04 Å². The molecule has 1 saturated carbocycles. The highest BCUT2D eigenvalue weighted by atomic mass is 19.1. The summed E-state index contributed by atoms with van der Waals surface area (Å²) in [7, 11) is 0. The van der Waals surface area contributed by atoms with Crippen LogP contribution in [0.25, 0.3) is 0 Å². The van der Waals surface area contributed by atoms with Crippen LogP contribution < -0.4 is 5.73 Å². The first-order valence-corrected chi connectivity index (χ1v) is 7.29. The van der Waals surface area contributed by atoms with Crippen molar-refractivity contribution in [3.05, 3.63) is 34.9 Å². The van der Waals surface area contributed by atoms with E-state index in [1.165, 1.54) is 50.7 Å². The molecule has 1 atom stereocenters. The highest BCUT2D eigenvalue weighted by Crippen LogP contribution is 2.31. The van der Waals surface area contributed by atoms with Gasteiger partial charge in [-0.1, -0.05) is 38.5 Å². The molecule has 1 aliphatic carbocycles. The minimum Gasteiger partial charge on any atom is -0.324 e. The number of hydrogen-bond acceptors (Lipinski definition) is 1. The Kier molecular flexibility index (Phi) is 4.92. The third kappa shape index (κ3) is 3.75. The van der Waals surface area contributed by atoms with Crippen LogP contribution in [0.4, 0.5) is 8.78 Å². The Labute approximate surface area is 114 Å². The SMILES string of the molecule is Cc1cc(F)c(C(N)CC2CCCCCC2)cc1F. The van der Waals surface area contributed by atoms with Crippen molar-refractivity contribution in [1.82, 2.24) is 0 Å². The van der Waals surface area contributed by atoms with Gasteiger partial charge in [-0.2, -0.15) is 0 Å². The molecule has 0 aliphatic heterocycles. The van der Waals surface area contributed by atoms with Crippen LogP contribution in [0.15, 0.2) is 12.1 Å². The van der Waals surface area contributed by atoms with E-state index in [0.717, 1.165) is 6.42 Å². The van der Waals surface area contributed by atoms with Crippen molar-refractivity contribution in [1.29, 1.82) is 0 Å². The molecule has 1 fully saturated rings. The first-order chi connectivity index (χ1) is 9.08. The summed E-state index contributed by atoms with van der Waals surface area (Å²) in [6.07, 6.45) is 8.16. The fourth-order valence-corrected chi connectivity index (χ4v) is 3.03. The molecule has 0 radical (unpaired) electrons. The van der Waals surface area contributed by atoms with E-state index in [2.05, 4.69) is 0 Å². The van der Waals surface area contributed by atoms with Gasteiger partial charge in [0.05, 0.1) is 0 Å². The zero-order valence-electron chi connectivity index (χ0n) is 11.6. The van der Waals surface area contributed by atoms with E-state index in [9.17, 15) is 8.78 Å². The average molecular weight is 267 g/mol. The lowest BCUT2D eigenvalue weighted by Crippen LogP contribution is -2.17. The Balaban J connectivity index is 2.06.